The highest BCUT2D eigenvalue weighted by molar-refractivity contribution is 5.75. The number of nitrogens with one attached hydrogen (secondary N) is 1. The van der Waals surface area contributed by atoms with Crippen LogP contribution in [0.3, 0.4) is 0 Å². The fraction of sp³-hybridized carbons (Fsp3) is 0.562. The first-order valence-electron chi connectivity index (χ1n) is 7.95. The van der Waals surface area contributed by atoms with Crippen molar-refractivity contribution in [2.75, 3.05) is 0 Å². The maximum Gasteiger partial charge on any atom is 0.337 e. The topological polar surface area (TPSA) is 85.1 Å². The van der Waals surface area contributed by atoms with Crippen molar-refractivity contribution >= 4 is 11.1 Å². The standard InChI is InChI=1S/C16H18N2O4/c19-12-8-10(7-6-9-4-5-9)13-14(22-12)17-16(21)18(15(13)20)11-2-1-3-11/h8-9,11H,1-7H2,(H,17,21). The van der Waals surface area contributed by atoms with Gasteiger partial charge in [0.2, 0.25) is 5.71 Å². The molecule has 4 rings (SSSR count). The van der Waals surface area contributed by atoms with Gasteiger partial charge >= 0.3 is 11.3 Å². The maximum absolute atomic E-state index is 12.8. The molecular weight excluding hydrogens is 284 g/mol. The van der Waals surface area contributed by atoms with E-state index in [1.807, 2.05) is 0 Å². The minimum absolute atomic E-state index is 0.0175. The molecule has 0 unspecified atom stereocenters. The summed E-state index contributed by atoms with van der Waals surface area (Å²) in [5.74, 6) is 0.707. The van der Waals surface area contributed by atoms with Crippen molar-refractivity contribution in [3.8, 4) is 0 Å². The number of hydrogen-bond acceptors (Lipinski definition) is 4. The van der Waals surface area contributed by atoms with Gasteiger partial charge in [0, 0.05) is 12.1 Å². The van der Waals surface area contributed by atoms with Gasteiger partial charge in [-0.05, 0) is 43.6 Å². The molecule has 2 aliphatic rings. The van der Waals surface area contributed by atoms with E-state index in [1.54, 1.807) is 0 Å². The lowest BCUT2D eigenvalue weighted by Crippen LogP contribution is -2.41. The Balaban J connectivity index is 1.91. The smallest absolute Gasteiger partial charge is 0.337 e. The Morgan fingerprint density at radius 1 is 1.18 bits per heavy atom. The second kappa shape index (κ2) is 4.97. The van der Waals surface area contributed by atoms with Crippen LogP contribution in [0.2, 0.25) is 0 Å². The normalized spacial score (nSPS) is 18.5. The van der Waals surface area contributed by atoms with E-state index in [0.717, 1.165) is 25.7 Å². The fourth-order valence-electron chi connectivity index (χ4n) is 3.17. The van der Waals surface area contributed by atoms with E-state index in [4.69, 9.17) is 4.42 Å². The molecular formula is C16H18N2O4. The summed E-state index contributed by atoms with van der Waals surface area (Å²) in [4.78, 5) is 39.1. The van der Waals surface area contributed by atoms with Gasteiger partial charge in [0.25, 0.3) is 5.56 Å². The van der Waals surface area contributed by atoms with Crippen molar-refractivity contribution in [1.82, 2.24) is 9.55 Å². The zero-order valence-electron chi connectivity index (χ0n) is 12.3. The van der Waals surface area contributed by atoms with Crippen LogP contribution in [-0.2, 0) is 6.42 Å². The quantitative estimate of drug-likeness (QED) is 0.931. The molecule has 2 aliphatic carbocycles. The first-order valence-corrected chi connectivity index (χ1v) is 7.95. The van der Waals surface area contributed by atoms with Crippen LogP contribution in [0.25, 0.3) is 11.1 Å². The second-order valence-corrected chi connectivity index (χ2v) is 6.47. The van der Waals surface area contributed by atoms with Crippen molar-refractivity contribution in [2.24, 2.45) is 5.92 Å². The molecule has 0 amide bonds. The Bertz CT molecular complexity index is 897. The van der Waals surface area contributed by atoms with Crippen LogP contribution in [0.4, 0.5) is 0 Å². The van der Waals surface area contributed by atoms with Gasteiger partial charge in [-0.3, -0.25) is 14.3 Å². The van der Waals surface area contributed by atoms with E-state index in [0.29, 0.717) is 23.3 Å². The van der Waals surface area contributed by atoms with E-state index >= 15 is 0 Å². The van der Waals surface area contributed by atoms with Crippen molar-refractivity contribution in [3.63, 3.8) is 0 Å². The Morgan fingerprint density at radius 3 is 2.59 bits per heavy atom. The zero-order valence-corrected chi connectivity index (χ0v) is 12.3. The second-order valence-electron chi connectivity index (χ2n) is 6.47. The van der Waals surface area contributed by atoms with Gasteiger partial charge in [-0.25, -0.2) is 9.59 Å². The highest BCUT2D eigenvalue weighted by Gasteiger charge is 2.26. The molecule has 1 N–H and O–H groups in total. The lowest BCUT2D eigenvalue weighted by Gasteiger charge is -2.26. The highest BCUT2D eigenvalue weighted by atomic mass is 16.4. The molecule has 0 aromatic carbocycles. The summed E-state index contributed by atoms with van der Waals surface area (Å²) >= 11 is 0. The van der Waals surface area contributed by atoms with E-state index in [1.165, 1.54) is 23.5 Å². The number of aryl methyl sites for hydroxylation is 1. The van der Waals surface area contributed by atoms with Gasteiger partial charge in [-0.1, -0.05) is 12.8 Å². The number of aromatic nitrogens is 2. The average Bonchev–Trinajstić information content (AvgIpc) is 3.22. The first-order chi connectivity index (χ1) is 10.6. The monoisotopic (exact) mass is 302 g/mol. The van der Waals surface area contributed by atoms with Gasteiger partial charge in [0.05, 0.1) is 0 Å². The summed E-state index contributed by atoms with van der Waals surface area (Å²) < 4.78 is 6.35. The molecule has 22 heavy (non-hydrogen) atoms. The summed E-state index contributed by atoms with van der Waals surface area (Å²) in [6.07, 6.45) is 6.84. The average molecular weight is 302 g/mol. The molecule has 116 valence electrons. The third-order valence-corrected chi connectivity index (χ3v) is 4.87. The van der Waals surface area contributed by atoms with Gasteiger partial charge in [-0.2, -0.15) is 0 Å². The maximum atomic E-state index is 12.8. The summed E-state index contributed by atoms with van der Waals surface area (Å²) in [5.41, 5.74) is -0.603. The van der Waals surface area contributed by atoms with Crippen LogP contribution in [0, 0.1) is 5.92 Å². The number of rotatable bonds is 4. The van der Waals surface area contributed by atoms with Crippen LogP contribution >= 0.6 is 0 Å². The highest BCUT2D eigenvalue weighted by Crippen LogP contribution is 2.34. The van der Waals surface area contributed by atoms with Crippen LogP contribution in [0.15, 0.2) is 24.9 Å². The third-order valence-electron chi connectivity index (χ3n) is 4.87. The van der Waals surface area contributed by atoms with Crippen molar-refractivity contribution in [2.45, 2.75) is 51.0 Å². The predicted octanol–water partition coefficient (Wildman–Crippen LogP) is 1.71. The molecule has 2 heterocycles. The van der Waals surface area contributed by atoms with Crippen LogP contribution in [-0.4, -0.2) is 9.55 Å². The number of H-pyrrole nitrogens is 1. The summed E-state index contributed by atoms with van der Waals surface area (Å²) in [5, 5.41) is 0.367. The zero-order chi connectivity index (χ0) is 15.3. The van der Waals surface area contributed by atoms with Crippen LogP contribution < -0.4 is 16.9 Å². The Hall–Kier alpha value is -2.11. The van der Waals surface area contributed by atoms with Crippen molar-refractivity contribution in [3.05, 3.63) is 42.9 Å². The Morgan fingerprint density at radius 2 is 1.95 bits per heavy atom. The molecule has 0 spiro atoms. The lowest BCUT2D eigenvalue weighted by molar-refractivity contribution is 0.297. The van der Waals surface area contributed by atoms with Crippen LogP contribution in [0.1, 0.15) is 50.1 Å². The van der Waals surface area contributed by atoms with Crippen LogP contribution in [0.5, 0.6) is 0 Å². The Kier molecular flexibility index (Phi) is 3.06. The molecule has 2 aromatic heterocycles. The van der Waals surface area contributed by atoms with Gasteiger partial charge in [-0.15, -0.1) is 0 Å². The van der Waals surface area contributed by atoms with E-state index < -0.39 is 11.3 Å². The van der Waals surface area contributed by atoms with Gasteiger partial charge in [0.1, 0.15) is 5.39 Å². The summed E-state index contributed by atoms with van der Waals surface area (Å²) in [6, 6.07) is 1.37. The molecule has 0 atom stereocenters. The predicted molar refractivity (Wildman–Crippen MR) is 81.3 cm³/mol. The van der Waals surface area contributed by atoms with E-state index in [9.17, 15) is 14.4 Å². The van der Waals surface area contributed by atoms with Crippen molar-refractivity contribution < 1.29 is 4.42 Å². The minimum atomic E-state index is -0.519. The minimum Gasteiger partial charge on any atom is -0.405 e. The van der Waals surface area contributed by atoms with Crippen molar-refractivity contribution in [1.29, 1.82) is 0 Å². The Labute approximate surface area is 125 Å². The molecule has 0 saturated heterocycles. The SMILES string of the molecule is O=c1cc(CCC2CC2)c2c(=O)n(C3CCC3)c(=O)[nH]c2o1. The van der Waals surface area contributed by atoms with E-state index in [2.05, 4.69) is 4.98 Å². The van der Waals surface area contributed by atoms with Gasteiger partial charge in [0.15, 0.2) is 0 Å². The van der Waals surface area contributed by atoms with E-state index in [-0.39, 0.29) is 17.3 Å². The van der Waals surface area contributed by atoms with Gasteiger partial charge < -0.3 is 4.42 Å². The fourth-order valence-corrected chi connectivity index (χ4v) is 3.17. The summed E-state index contributed by atoms with van der Waals surface area (Å²) in [6.45, 7) is 0. The number of hydrogen-bond donors (Lipinski definition) is 1. The molecule has 6 nitrogen and oxygen atoms in total. The third kappa shape index (κ3) is 2.23. The molecule has 6 heteroatoms. The molecule has 2 aromatic rings. The molecule has 0 bridgehead atoms. The molecule has 0 radical (unpaired) electrons. The molecule has 2 fully saturated rings. The number of aromatic amines is 1. The number of fused-ring (bicyclic) bond motifs is 1. The number of nitrogens with zero attached hydrogens (tertiary/aromatic N) is 1. The first kappa shape index (κ1) is 13.5. The molecule has 2 saturated carbocycles. The molecule has 0 aliphatic heterocycles. The summed E-state index contributed by atoms with van der Waals surface area (Å²) in [7, 11) is 0. The lowest BCUT2D eigenvalue weighted by atomic mass is 9.93. The largest absolute Gasteiger partial charge is 0.405 e.